The summed E-state index contributed by atoms with van der Waals surface area (Å²) in [5, 5.41) is 4.33. The molecule has 2 aromatic heterocycles. The molecular formula is C12H15BrN4O2. The van der Waals surface area contributed by atoms with Gasteiger partial charge in [-0.05, 0) is 28.1 Å². The molecule has 0 radical (unpaired) electrons. The van der Waals surface area contributed by atoms with Crippen molar-refractivity contribution >= 4 is 21.6 Å². The Bertz CT molecular complexity index is 630. The van der Waals surface area contributed by atoms with Crippen molar-refractivity contribution in [1.82, 2.24) is 19.1 Å². The normalized spacial score (nSPS) is 17.1. The number of nitrogens with zero attached hydrogens (tertiary/aromatic N) is 4. The molecule has 0 atom stereocenters. The van der Waals surface area contributed by atoms with Crippen molar-refractivity contribution in [1.29, 1.82) is 0 Å². The smallest absolute Gasteiger partial charge is 0.350 e. The van der Waals surface area contributed by atoms with E-state index < -0.39 is 0 Å². The van der Waals surface area contributed by atoms with Gasteiger partial charge in [0, 0.05) is 30.3 Å². The first-order valence-corrected chi connectivity index (χ1v) is 7.08. The van der Waals surface area contributed by atoms with Crippen molar-refractivity contribution in [2.75, 3.05) is 32.8 Å². The molecule has 0 aliphatic carbocycles. The number of fused-ring (bicyclic) bond motifs is 1. The Hall–Kier alpha value is -1.18. The lowest BCUT2D eigenvalue weighted by Gasteiger charge is -2.26. The molecule has 0 N–H and O–H groups in total. The van der Waals surface area contributed by atoms with E-state index in [1.807, 2.05) is 12.1 Å². The van der Waals surface area contributed by atoms with Gasteiger partial charge in [0.25, 0.3) is 0 Å². The molecule has 19 heavy (non-hydrogen) atoms. The Morgan fingerprint density at radius 2 is 2.05 bits per heavy atom. The van der Waals surface area contributed by atoms with Crippen LogP contribution in [0.15, 0.2) is 27.6 Å². The van der Waals surface area contributed by atoms with Crippen molar-refractivity contribution in [2.24, 2.45) is 0 Å². The second-order valence-corrected chi connectivity index (χ2v) is 5.45. The average molecular weight is 327 g/mol. The predicted octanol–water partition coefficient (Wildman–Crippen LogP) is 0.591. The molecule has 0 bridgehead atoms. The van der Waals surface area contributed by atoms with Crippen LogP contribution in [0.25, 0.3) is 5.65 Å². The van der Waals surface area contributed by atoms with Crippen LogP contribution in [0.2, 0.25) is 0 Å². The van der Waals surface area contributed by atoms with Gasteiger partial charge in [-0.3, -0.25) is 4.90 Å². The van der Waals surface area contributed by atoms with Gasteiger partial charge in [-0.1, -0.05) is 0 Å². The van der Waals surface area contributed by atoms with Crippen molar-refractivity contribution < 1.29 is 4.74 Å². The highest BCUT2D eigenvalue weighted by molar-refractivity contribution is 9.10. The number of halogens is 1. The molecular weight excluding hydrogens is 312 g/mol. The van der Waals surface area contributed by atoms with Gasteiger partial charge in [-0.15, -0.1) is 5.10 Å². The van der Waals surface area contributed by atoms with E-state index in [4.69, 9.17) is 4.74 Å². The number of hydrogen-bond donors (Lipinski definition) is 0. The molecule has 2 aromatic rings. The number of rotatable bonds is 3. The minimum absolute atomic E-state index is 0.0930. The Balaban J connectivity index is 1.77. The highest BCUT2D eigenvalue weighted by atomic mass is 79.9. The van der Waals surface area contributed by atoms with Gasteiger partial charge in [0.05, 0.1) is 19.8 Å². The van der Waals surface area contributed by atoms with E-state index in [2.05, 4.69) is 25.9 Å². The summed E-state index contributed by atoms with van der Waals surface area (Å²) in [6.45, 7) is 4.83. The molecule has 0 spiro atoms. The number of aromatic nitrogens is 3. The van der Waals surface area contributed by atoms with Crippen molar-refractivity contribution in [3.63, 3.8) is 0 Å². The molecule has 1 aliphatic heterocycles. The van der Waals surface area contributed by atoms with Gasteiger partial charge >= 0.3 is 5.69 Å². The zero-order valence-electron chi connectivity index (χ0n) is 10.5. The number of ether oxygens (including phenoxy) is 1. The minimum Gasteiger partial charge on any atom is -0.379 e. The molecule has 1 saturated heterocycles. The maximum Gasteiger partial charge on any atom is 0.350 e. The topological polar surface area (TPSA) is 51.8 Å². The zero-order chi connectivity index (χ0) is 13.2. The van der Waals surface area contributed by atoms with Crippen LogP contribution in [0, 0.1) is 0 Å². The first-order valence-electron chi connectivity index (χ1n) is 6.29. The SMILES string of the molecule is O=c1n(CCN2CCOCC2)nc2ccc(Br)cn12. The summed E-state index contributed by atoms with van der Waals surface area (Å²) in [6.07, 6.45) is 1.75. The molecule has 0 amide bonds. The van der Waals surface area contributed by atoms with E-state index in [1.165, 1.54) is 4.68 Å². The largest absolute Gasteiger partial charge is 0.379 e. The maximum atomic E-state index is 12.2. The van der Waals surface area contributed by atoms with Gasteiger partial charge in [0.1, 0.15) is 0 Å². The van der Waals surface area contributed by atoms with E-state index in [-0.39, 0.29) is 5.69 Å². The second kappa shape index (κ2) is 5.44. The molecule has 7 heteroatoms. The molecule has 1 aliphatic rings. The third kappa shape index (κ3) is 2.72. The maximum absolute atomic E-state index is 12.2. The van der Waals surface area contributed by atoms with E-state index >= 15 is 0 Å². The van der Waals surface area contributed by atoms with Gasteiger partial charge in [0.15, 0.2) is 5.65 Å². The number of hydrogen-bond acceptors (Lipinski definition) is 4. The van der Waals surface area contributed by atoms with Crippen molar-refractivity contribution in [3.05, 3.63) is 33.3 Å². The van der Waals surface area contributed by atoms with Gasteiger partial charge in [-0.2, -0.15) is 0 Å². The van der Waals surface area contributed by atoms with Crippen LogP contribution in [0.3, 0.4) is 0 Å². The van der Waals surface area contributed by atoms with Crippen LogP contribution < -0.4 is 5.69 Å². The summed E-state index contributed by atoms with van der Waals surface area (Å²) in [7, 11) is 0. The molecule has 6 nitrogen and oxygen atoms in total. The molecule has 0 unspecified atom stereocenters. The lowest BCUT2D eigenvalue weighted by atomic mass is 10.4. The minimum atomic E-state index is -0.0930. The van der Waals surface area contributed by atoms with Gasteiger partial charge in [-0.25, -0.2) is 13.9 Å². The fourth-order valence-electron chi connectivity index (χ4n) is 2.20. The highest BCUT2D eigenvalue weighted by Gasteiger charge is 2.12. The fourth-order valence-corrected chi connectivity index (χ4v) is 2.54. The monoisotopic (exact) mass is 326 g/mol. The van der Waals surface area contributed by atoms with Crippen LogP contribution in [-0.2, 0) is 11.3 Å². The summed E-state index contributed by atoms with van der Waals surface area (Å²) >= 11 is 3.36. The summed E-state index contributed by atoms with van der Waals surface area (Å²) < 4.78 is 9.26. The summed E-state index contributed by atoms with van der Waals surface area (Å²) in [5.74, 6) is 0. The Morgan fingerprint density at radius 1 is 1.26 bits per heavy atom. The molecule has 1 fully saturated rings. The molecule has 0 aromatic carbocycles. The van der Waals surface area contributed by atoms with Crippen molar-refractivity contribution in [3.8, 4) is 0 Å². The number of morpholine rings is 1. The van der Waals surface area contributed by atoms with E-state index in [0.717, 1.165) is 37.3 Å². The first-order chi connectivity index (χ1) is 9.24. The fraction of sp³-hybridized carbons (Fsp3) is 0.500. The van der Waals surface area contributed by atoms with Crippen molar-refractivity contribution in [2.45, 2.75) is 6.54 Å². The van der Waals surface area contributed by atoms with Crippen LogP contribution in [0.1, 0.15) is 0 Å². The van der Waals surface area contributed by atoms with Gasteiger partial charge < -0.3 is 4.74 Å². The van der Waals surface area contributed by atoms with Crippen LogP contribution in [0.5, 0.6) is 0 Å². The quantitative estimate of drug-likeness (QED) is 0.828. The molecule has 102 valence electrons. The lowest BCUT2D eigenvalue weighted by Crippen LogP contribution is -2.39. The van der Waals surface area contributed by atoms with E-state index in [1.54, 1.807) is 10.6 Å². The van der Waals surface area contributed by atoms with Crippen LogP contribution in [0.4, 0.5) is 0 Å². The highest BCUT2D eigenvalue weighted by Crippen LogP contribution is 2.08. The molecule has 3 rings (SSSR count). The Labute approximate surface area is 118 Å². The predicted molar refractivity (Wildman–Crippen MR) is 74.4 cm³/mol. The van der Waals surface area contributed by atoms with E-state index in [0.29, 0.717) is 12.2 Å². The third-order valence-electron chi connectivity index (χ3n) is 3.27. The third-order valence-corrected chi connectivity index (χ3v) is 3.74. The number of pyridine rings is 1. The Kier molecular flexibility index (Phi) is 3.67. The Morgan fingerprint density at radius 3 is 2.84 bits per heavy atom. The summed E-state index contributed by atoms with van der Waals surface area (Å²) in [6, 6.07) is 3.71. The lowest BCUT2D eigenvalue weighted by molar-refractivity contribution is 0.0358. The molecule has 0 saturated carbocycles. The molecule has 3 heterocycles. The first kappa shape index (κ1) is 12.8. The summed E-state index contributed by atoms with van der Waals surface area (Å²) in [5.41, 5.74) is 0.583. The zero-order valence-corrected chi connectivity index (χ0v) is 12.0. The van der Waals surface area contributed by atoms with E-state index in [9.17, 15) is 4.79 Å². The van der Waals surface area contributed by atoms with Gasteiger partial charge in [0.2, 0.25) is 0 Å². The standard InChI is InChI=1S/C12H15BrN4O2/c13-10-1-2-11-14-17(12(18)16(11)9-10)4-3-15-5-7-19-8-6-15/h1-2,9H,3-8H2. The second-order valence-electron chi connectivity index (χ2n) is 4.54. The van der Waals surface area contributed by atoms with Crippen LogP contribution >= 0.6 is 15.9 Å². The average Bonchev–Trinajstić information content (AvgIpc) is 2.74. The summed E-state index contributed by atoms with van der Waals surface area (Å²) in [4.78, 5) is 14.4. The van der Waals surface area contributed by atoms with Crippen LogP contribution in [-0.4, -0.2) is 51.9 Å².